The van der Waals surface area contributed by atoms with Crippen molar-refractivity contribution in [1.29, 1.82) is 0 Å². The molecule has 1 atom stereocenters. The van der Waals surface area contributed by atoms with Gasteiger partial charge in [0.15, 0.2) is 0 Å². The number of aliphatic hydroxyl groups excluding tert-OH is 2. The molecule has 3 rings (SSSR count). The van der Waals surface area contributed by atoms with E-state index in [9.17, 15) is 24.2 Å². The van der Waals surface area contributed by atoms with Crippen LogP contribution in [-0.4, -0.2) is 47.1 Å². The van der Waals surface area contributed by atoms with Gasteiger partial charge in [0.1, 0.15) is 17.3 Å². The molecule has 2 aromatic rings. The Labute approximate surface area is 155 Å². The van der Waals surface area contributed by atoms with Gasteiger partial charge in [-0.25, -0.2) is 4.39 Å². The summed E-state index contributed by atoms with van der Waals surface area (Å²) in [6.45, 7) is -0.445. The maximum absolute atomic E-state index is 13.3. The minimum Gasteiger partial charge on any atom is -0.507 e. The molecule has 0 aromatic heterocycles. The van der Waals surface area contributed by atoms with Gasteiger partial charge in [-0.05, 0) is 42.0 Å². The highest BCUT2D eigenvalue weighted by Crippen LogP contribution is 2.39. The van der Waals surface area contributed by atoms with Crippen LogP contribution in [0.5, 0.6) is 5.75 Å². The van der Waals surface area contributed by atoms with E-state index in [0.29, 0.717) is 16.9 Å². The van der Waals surface area contributed by atoms with Crippen LogP contribution in [0.1, 0.15) is 17.2 Å². The van der Waals surface area contributed by atoms with Gasteiger partial charge in [-0.1, -0.05) is 12.1 Å². The zero-order valence-electron chi connectivity index (χ0n) is 14.6. The SMILES string of the molecule is COc1ccc(C(O)=C2C(=O)C(=O)N(CCO)[C@@H]2c2ccc(F)cc2)cc1. The van der Waals surface area contributed by atoms with Crippen LogP contribution in [0.2, 0.25) is 0 Å². The molecule has 2 aromatic carbocycles. The summed E-state index contributed by atoms with van der Waals surface area (Å²) in [7, 11) is 1.50. The summed E-state index contributed by atoms with van der Waals surface area (Å²) in [5.74, 6) is -1.92. The molecule has 1 saturated heterocycles. The van der Waals surface area contributed by atoms with Crippen LogP contribution in [0.4, 0.5) is 4.39 Å². The predicted octanol–water partition coefficient (Wildman–Crippen LogP) is 2.25. The van der Waals surface area contributed by atoms with Gasteiger partial charge >= 0.3 is 0 Å². The number of benzene rings is 2. The van der Waals surface area contributed by atoms with Crippen molar-refractivity contribution in [2.75, 3.05) is 20.3 Å². The van der Waals surface area contributed by atoms with E-state index in [1.54, 1.807) is 24.3 Å². The fourth-order valence-corrected chi connectivity index (χ4v) is 3.11. The number of aliphatic hydroxyl groups is 2. The molecule has 0 aliphatic carbocycles. The molecule has 1 fully saturated rings. The summed E-state index contributed by atoms with van der Waals surface area (Å²) in [4.78, 5) is 26.2. The van der Waals surface area contributed by atoms with E-state index in [1.165, 1.54) is 36.3 Å². The van der Waals surface area contributed by atoms with Crippen molar-refractivity contribution in [1.82, 2.24) is 4.90 Å². The Morgan fingerprint density at radius 3 is 2.30 bits per heavy atom. The van der Waals surface area contributed by atoms with Crippen LogP contribution in [0.15, 0.2) is 54.1 Å². The fourth-order valence-electron chi connectivity index (χ4n) is 3.11. The molecular formula is C20H18FNO5. The highest BCUT2D eigenvalue weighted by Gasteiger charge is 2.45. The van der Waals surface area contributed by atoms with Crippen molar-refractivity contribution in [3.8, 4) is 5.75 Å². The Hall–Kier alpha value is -3.19. The Morgan fingerprint density at radius 2 is 1.74 bits per heavy atom. The van der Waals surface area contributed by atoms with Gasteiger partial charge < -0.3 is 19.8 Å². The zero-order chi connectivity index (χ0) is 19.6. The first-order valence-corrected chi connectivity index (χ1v) is 8.27. The summed E-state index contributed by atoms with van der Waals surface area (Å²) < 4.78 is 18.4. The van der Waals surface area contributed by atoms with Gasteiger partial charge in [-0.15, -0.1) is 0 Å². The van der Waals surface area contributed by atoms with Crippen molar-refractivity contribution >= 4 is 17.4 Å². The molecule has 1 aliphatic rings. The van der Waals surface area contributed by atoms with Gasteiger partial charge in [-0.3, -0.25) is 9.59 Å². The normalized spacial score (nSPS) is 18.8. The number of nitrogens with zero attached hydrogens (tertiary/aromatic N) is 1. The summed E-state index contributed by atoms with van der Waals surface area (Å²) in [5, 5.41) is 20.0. The minimum absolute atomic E-state index is 0.0913. The number of carbonyl (C=O) groups is 2. The number of Topliss-reactive ketones (excluding diaryl/α,β-unsaturated/α-hetero) is 1. The first kappa shape index (κ1) is 18.6. The van der Waals surface area contributed by atoms with Gasteiger partial charge in [-0.2, -0.15) is 0 Å². The smallest absolute Gasteiger partial charge is 0.295 e. The molecule has 140 valence electrons. The zero-order valence-corrected chi connectivity index (χ0v) is 14.6. The van der Waals surface area contributed by atoms with Crippen molar-refractivity contribution < 1.29 is 28.9 Å². The number of amides is 1. The number of methoxy groups -OCH3 is 1. The average Bonchev–Trinajstić information content (AvgIpc) is 2.93. The highest BCUT2D eigenvalue weighted by molar-refractivity contribution is 6.46. The first-order chi connectivity index (χ1) is 13.0. The molecule has 1 amide bonds. The van der Waals surface area contributed by atoms with Crippen LogP contribution in [0, 0.1) is 5.82 Å². The van der Waals surface area contributed by atoms with Gasteiger partial charge in [0.05, 0.1) is 25.3 Å². The number of hydrogen-bond donors (Lipinski definition) is 2. The molecule has 0 saturated carbocycles. The van der Waals surface area contributed by atoms with Crippen LogP contribution in [-0.2, 0) is 9.59 Å². The Bertz CT molecular complexity index is 890. The third-order valence-corrected chi connectivity index (χ3v) is 4.43. The molecule has 7 heteroatoms. The van der Waals surface area contributed by atoms with Gasteiger partial charge in [0.25, 0.3) is 11.7 Å². The van der Waals surface area contributed by atoms with Crippen LogP contribution >= 0.6 is 0 Å². The molecule has 1 heterocycles. The number of β-amino-alcohol motifs (C(OH)–C–C–N with tert-alkyl or cyclic N) is 1. The Morgan fingerprint density at radius 1 is 1.11 bits per heavy atom. The Balaban J connectivity index is 2.14. The molecule has 27 heavy (non-hydrogen) atoms. The average molecular weight is 371 g/mol. The van der Waals surface area contributed by atoms with Crippen molar-refractivity contribution in [2.45, 2.75) is 6.04 Å². The summed E-state index contributed by atoms with van der Waals surface area (Å²) in [6, 6.07) is 10.8. The maximum atomic E-state index is 13.3. The predicted molar refractivity (Wildman–Crippen MR) is 95.5 cm³/mol. The molecular weight excluding hydrogens is 353 g/mol. The van der Waals surface area contributed by atoms with E-state index in [1.807, 2.05) is 0 Å². The lowest BCUT2D eigenvalue weighted by molar-refractivity contribution is -0.140. The summed E-state index contributed by atoms with van der Waals surface area (Å²) >= 11 is 0. The summed E-state index contributed by atoms with van der Waals surface area (Å²) in [6.07, 6.45) is 0. The van der Waals surface area contributed by atoms with Crippen molar-refractivity contribution in [3.63, 3.8) is 0 Å². The number of ketones is 1. The van der Waals surface area contributed by atoms with E-state index < -0.39 is 23.5 Å². The lowest BCUT2D eigenvalue weighted by atomic mass is 9.95. The third-order valence-electron chi connectivity index (χ3n) is 4.43. The second-order valence-corrected chi connectivity index (χ2v) is 6.00. The number of ether oxygens (including phenoxy) is 1. The van der Waals surface area contributed by atoms with E-state index in [-0.39, 0.29) is 24.5 Å². The molecule has 0 bridgehead atoms. The second kappa shape index (κ2) is 7.59. The first-order valence-electron chi connectivity index (χ1n) is 8.27. The lowest BCUT2D eigenvalue weighted by Crippen LogP contribution is -2.32. The van der Waals surface area contributed by atoms with E-state index in [0.717, 1.165) is 0 Å². The Kier molecular flexibility index (Phi) is 5.23. The van der Waals surface area contributed by atoms with Crippen LogP contribution in [0.25, 0.3) is 5.76 Å². The van der Waals surface area contributed by atoms with E-state index >= 15 is 0 Å². The number of carbonyl (C=O) groups excluding carboxylic acids is 2. The lowest BCUT2D eigenvalue weighted by Gasteiger charge is -2.24. The van der Waals surface area contributed by atoms with E-state index in [4.69, 9.17) is 4.74 Å². The second-order valence-electron chi connectivity index (χ2n) is 6.00. The van der Waals surface area contributed by atoms with Crippen LogP contribution < -0.4 is 4.74 Å². The van der Waals surface area contributed by atoms with Crippen LogP contribution in [0.3, 0.4) is 0 Å². The van der Waals surface area contributed by atoms with Crippen molar-refractivity contribution in [3.05, 3.63) is 71.0 Å². The quantitative estimate of drug-likeness (QED) is 0.478. The molecule has 6 nitrogen and oxygen atoms in total. The largest absolute Gasteiger partial charge is 0.507 e. The number of likely N-dealkylation sites (tertiary alicyclic amines) is 1. The van der Waals surface area contributed by atoms with E-state index in [2.05, 4.69) is 0 Å². The standard InChI is InChI=1S/C20H18FNO5/c1-27-15-8-4-13(5-9-15)18(24)16-17(12-2-6-14(21)7-3-12)22(10-11-23)20(26)19(16)25/h2-9,17,23-24H,10-11H2,1H3/t17-/m1/s1. The monoisotopic (exact) mass is 371 g/mol. The molecule has 0 radical (unpaired) electrons. The fraction of sp³-hybridized carbons (Fsp3) is 0.200. The molecule has 0 unspecified atom stereocenters. The maximum Gasteiger partial charge on any atom is 0.295 e. The summed E-state index contributed by atoms with van der Waals surface area (Å²) in [5.41, 5.74) is 0.689. The molecule has 2 N–H and O–H groups in total. The van der Waals surface area contributed by atoms with Crippen molar-refractivity contribution in [2.24, 2.45) is 0 Å². The topological polar surface area (TPSA) is 87.1 Å². The molecule has 1 aliphatic heterocycles. The third kappa shape index (κ3) is 3.41. The number of hydrogen-bond acceptors (Lipinski definition) is 5. The highest BCUT2D eigenvalue weighted by atomic mass is 19.1. The molecule has 0 spiro atoms. The number of halogens is 1. The van der Waals surface area contributed by atoms with Gasteiger partial charge in [0.2, 0.25) is 0 Å². The number of rotatable bonds is 5. The van der Waals surface area contributed by atoms with Gasteiger partial charge in [0, 0.05) is 12.1 Å². The minimum atomic E-state index is -0.917.